The first kappa shape index (κ1) is 25.2. The van der Waals surface area contributed by atoms with Gasteiger partial charge in [0.15, 0.2) is 0 Å². The maximum atomic E-state index is 12.4. The van der Waals surface area contributed by atoms with Gasteiger partial charge in [-0.1, -0.05) is 47.2 Å². The van der Waals surface area contributed by atoms with Crippen molar-refractivity contribution in [2.75, 3.05) is 24.8 Å². The van der Waals surface area contributed by atoms with Gasteiger partial charge in [0.25, 0.3) is 5.91 Å². The molecule has 34 heavy (non-hydrogen) atoms. The molecular formula is C22H19ClN4O5S2. The molecule has 0 radical (unpaired) electrons. The smallest absolute Gasteiger partial charge is 0.268 e. The van der Waals surface area contributed by atoms with E-state index < -0.39 is 15.7 Å². The van der Waals surface area contributed by atoms with Crippen molar-refractivity contribution in [1.29, 1.82) is 5.26 Å². The lowest BCUT2D eigenvalue weighted by molar-refractivity contribution is -0.112. The third-order valence-corrected chi connectivity index (χ3v) is 7.07. The molecule has 1 aromatic heterocycles. The average molecular weight is 519 g/mol. The summed E-state index contributed by atoms with van der Waals surface area (Å²) in [6, 6.07) is 14.3. The largest absolute Gasteiger partial charge is 0.490 e. The molecule has 2 aromatic carbocycles. The van der Waals surface area contributed by atoms with E-state index in [2.05, 4.69) is 15.5 Å². The molecule has 176 valence electrons. The van der Waals surface area contributed by atoms with Crippen LogP contribution < -0.4 is 14.8 Å². The molecule has 3 aromatic rings. The highest BCUT2D eigenvalue weighted by Crippen LogP contribution is 2.27. The van der Waals surface area contributed by atoms with Crippen molar-refractivity contribution in [2.45, 2.75) is 11.3 Å². The highest BCUT2D eigenvalue weighted by Gasteiger charge is 2.17. The summed E-state index contributed by atoms with van der Waals surface area (Å²) in [5.41, 5.74) is 1.29. The van der Waals surface area contributed by atoms with Gasteiger partial charge in [-0.3, -0.25) is 10.1 Å². The number of para-hydroxylation sites is 1. The third-order valence-electron chi connectivity index (χ3n) is 4.27. The van der Waals surface area contributed by atoms with Gasteiger partial charge in [0.05, 0.1) is 5.02 Å². The predicted octanol–water partition coefficient (Wildman–Crippen LogP) is 3.91. The Kier molecular flexibility index (Phi) is 8.22. The second-order valence-electron chi connectivity index (χ2n) is 6.92. The normalized spacial score (nSPS) is 11.5. The molecule has 0 aliphatic rings. The van der Waals surface area contributed by atoms with Crippen LogP contribution in [0.3, 0.4) is 0 Å². The number of ether oxygens (including phenoxy) is 2. The first-order chi connectivity index (χ1) is 16.2. The number of nitrogens with one attached hydrogen (secondary N) is 1. The standard InChI is InChI=1S/C22H19ClN4O5S2/c1-14-5-3-4-6-18(14)31-9-10-32-19-8-7-15(12-17(19)23)11-16(13-24)20(28)25-21-26-27-22(33-21)34(2,29)30/h3-8,11-12H,9-10H2,1-2H3,(H,25,26,28)/b16-11-. The highest BCUT2D eigenvalue weighted by molar-refractivity contribution is 7.92. The topological polar surface area (TPSA) is 131 Å². The third kappa shape index (κ3) is 6.77. The first-order valence-electron chi connectivity index (χ1n) is 9.75. The number of aryl methyl sites for hydroxylation is 1. The molecule has 0 bridgehead atoms. The van der Waals surface area contributed by atoms with Crippen LogP contribution in [-0.4, -0.2) is 44.0 Å². The molecule has 0 aliphatic heterocycles. The molecule has 0 saturated carbocycles. The van der Waals surface area contributed by atoms with Crippen LogP contribution in [0.4, 0.5) is 5.13 Å². The lowest BCUT2D eigenvalue weighted by atomic mass is 10.1. The minimum Gasteiger partial charge on any atom is -0.490 e. The van der Waals surface area contributed by atoms with Crippen molar-refractivity contribution >= 4 is 49.9 Å². The van der Waals surface area contributed by atoms with Crippen LogP contribution in [-0.2, 0) is 14.6 Å². The van der Waals surface area contributed by atoms with Gasteiger partial charge in [-0.05, 0) is 42.3 Å². The number of benzene rings is 2. The molecule has 0 aliphatic carbocycles. The van der Waals surface area contributed by atoms with E-state index in [1.165, 1.54) is 6.08 Å². The Labute approximate surface area is 205 Å². The van der Waals surface area contributed by atoms with Gasteiger partial charge < -0.3 is 9.47 Å². The lowest BCUT2D eigenvalue weighted by Gasteiger charge is -2.11. The number of carbonyl (C=O) groups excluding carboxylic acids is 1. The van der Waals surface area contributed by atoms with Gasteiger partial charge in [-0.25, -0.2) is 8.42 Å². The Morgan fingerprint density at radius 2 is 1.88 bits per heavy atom. The predicted molar refractivity (Wildman–Crippen MR) is 129 cm³/mol. The number of carbonyl (C=O) groups is 1. The summed E-state index contributed by atoms with van der Waals surface area (Å²) in [5, 5.41) is 19.1. The minimum absolute atomic E-state index is 0.0405. The summed E-state index contributed by atoms with van der Waals surface area (Å²) < 4.78 is 34.1. The summed E-state index contributed by atoms with van der Waals surface area (Å²) in [7, 11) is -3.55. The Hall–Kier alpha value is -3.46. The monoisotopic (exact) mass is 518 g/mol. The summed E-state index contributed by atoms with van der Waals surface area (Å²) in [6.07, 6.45) is 2.32. The van der Waals surface area contributed by atoms with Gasteiger partial charge >= 0.3 is 0 Å². The Bertz CT molecular complexity index is 1380. The zero-order valence-electron chi connectivity index (χ0n) is 18.1. The molecule has 1 N–H and O–H groups in total. The zero-order chi connectivity index (χ0) is 24.7. The number of aromatic nitrogens is 2. The van der Waals surface area contributed by atoms with Crippen molar-refractivity contribution in [1.82, 2.24) is 10.2 Å². The number of halogens is 1. The fourth-order valence-electron chi connectivity index (χ4n) is 2.64. The number of sulfone groups is 1. The molecule has 0 unspecified atom stereocenters. The van der Waals surface area contributed by atoms with Crippen molar-refractivity contribution in [2.24, 2.45) is 0 Å². The van der Waals surface area contributed by atoms with E-state index in [0.717, 1.165) is 17.6 Å². The second-order valence-corrected chi connectivity index (χ2v) is 10.5. The van der Waals surface area contributed by atoms with E-state index in [4.69, 9.17) is 21.1 Å². The number of anilines is 1. The Morgan fingerprint density at radius 1 is 1.18 bits per heavy atom. The van der Waals surface area contributed by atoms with Crippen LogP contribution in [0.15, 0.2) is 52.4 Å². The quantitative estimate of drug-likeness (QED) is 0.195. The fourth-order valence-corrected chi connectivity index (χ4v) is 4.38. The summed E-state index contributed by atoms with van der Waals surface area (Å²) in [6.45, 7) is 2.55. The maximum Gasteiger partial charge on any atom is 0.268 e. The SMILES string of the molecule is Cc1ccccc1OCCOc1ccc(/C=C(/C#N)C(=O)Nc2nnc(S(C)(=O)=O)s2)cc1Cl. The Morgan fingerprint density at radius 3 is 2.50 bits per heavy atom. The first-order valence-corrected chi connectivity index (χ1v) is 12.8. The van der Waals surface area contributed by atoms with Gasteiger partial charge in [0, 0.05) is 6.26 Å². The van der Waals surface area contributed by atoms with Gasteiger partial charge in [-0.2, -0.15) is 5.26 Å². The molecule has 9 nitrogen and oxygen atoms in total. The molecule has 3 rings (SSSR count). The number of nitrogens with zero attached hydrogens (tertiary/aromatic N) is 3. The fraction of sp³-hybridized carbons (Fsp3) is 0.182. The van der Waals surface area contributed by atoms with E-state index in [0.29, 0.717) is 34.3 Å². The average Bonchev–Trinajstić information content (AvgIpc) is 3.26. The van der Waals surface area contributed by atoms with E-state index in [1.54, 1.807) is 24.3 Å². The van der Waals surface area contributed by atoms with E-state index in [-0.39, 0.29) is 21.7 Å². The molecule has 1 amide bonds. The molecule has 0 atom stereocenters. The number of rotatable bonds is 9. The summed E-state index contributed by atoms with van der Waals surface area (Å²) in [5.74, 6) is 0.446. The number of hydrogen-bond acceptors (Lipinski definition) is 9. The minimum atomic E-state index is -3.55. The van der Waals surface area contributed by atoms with E-state index >= 15 is 0 Å². The van der Waals surface area contributed by atoms with E-state index in [9.17, 15) is 18.5 Å². The molecule has 0 spiro atoms. The Balaban J connectivity index is 1.61. The van der Waals surface area contributed by atoms with Crippen LogP contribution >= 0.6 is 22.9 Å². The van der Waals surface area contributed by atoms with Gasteiger partial charge in [0.2, 0.25) is 19.3 Å². The molecule has 1 heterocycles. The number of nitriles is 1. The van der Waals surface area contributed by atoms with Crippen LogP contribution in [0.1, 0.15) is 11.1 Å². The summed E-state index contributed by atoms with van der Waals surface area (Å²) in [4.78, 5) is 12.4. The summed E-state index contributed by atoms with van der Waals surface area (Å²) >= 11 is 6.97. The number of hydrogen-bond donors (Lipinski definition) is 1. The second kappa shape index (κ2) is 11.1. The van der Waals surface area contributed by atoms with Crippen LogP contribution in [0.25, 0.3) is 6.08 Å². The zero-order valence-corrected chi connectivity index (χ0v) is 20.5. The van der Waals surface area contributed by atoms with Crippen LogP contribution in [0, 0.1) is 18.3 Å². The highest BCUT2D eigenvalue weighted by atomic mass is 35.5. The lowest BCUT2D eigenvalue weighted by Crippen LogP contribution is -2.13. The maximum absolute atomic E-state index is 12.4. The van der Waals surface area contributed by atoms with Crippen LogP contribution in [0.5, 0.6) is 11.5 Å². The molecule has 0 fully saturated rings. The molecular weight excluding hydrogens is 500 g/mol. The van der Waals surface area contributed by atoms with E-state index in [1.807, 2.05) is 31.2 Å². The van der Waals surface area contributed by atoms with Crippen molar-refractivity contribution < 1.29 is 22.7 Å². The molecule has 12 heteroatoms. The van der Waals surface area contributed by atoms with Gasteiger partial charge in [-0.15, -0.1) is 10.2 Å². The molecule has 0 saturated heterocycles. The van der Waals surface area contributed by atoms with Crippen molar-refractivity contribution in [3.05, 3.63) is 64.2 Å². The van der Waals surface area contributed by atoms with Crippen LogP contribution in [0.2, 0.25) is 5.02 Å². The van der Waals surface area contributed by atoms with Gasteiger partial charge in [0.1, 0.15) is 36.4 Å². The number of amides is 1. The van der Waals surface area contributed by atoms with Crippen molar-refractivity contribution in [3.63, 3.8) is 0 Å². The van der Waals surface area contributed by atoms with Crippen molar-refractivity contribution in [3.8, 4) is 17.6 Å².